The molecule has 0 aliphatic carbocycles. The molecule has 3 aliphatic heterocycles. The molecule has 1 aromatic carbocycles. The molecule has 174 valence electrons. The van der Waals surface area contributed by atoms with Gasteiger partial charge in [0.2, 0.25) is 6.79 Å². The van der Waals surface area contributed by atoms with Crippen molar-refractivity contribution in [1.29, 1.82) is 0 Å². The molecular weight excluding hydrogens is 428 g/mol. The predicted molar refractivity (Wildman–Crippen MR) is 116 cm³/mol. The summed E-state index contributed by atoms with van der Waals surface area (Å²) in [7, 11) is 0. The minimum absolute atomic E-state index is 0.0608. The SMILES string of the molecule is O=c1[nH]c2cc3c(cc2cc1[C@@H](c1nnnn1C[C@@H]1CCCO1)N1CCC(O)CC1)OCO3. The number of pyridine rings is 1. The number of piperidine rings is 1. The number of H-pyrrole nitrogens is 1. The number of aliphatic hydroxyl groups is 1. The van der Waals surface area contributed by atoms with Gasteiger partial charge < -0.3 is 24.3 Å². The highest BCUT2D eigenvalue weighted by Gasteiger charge is 2.33. The van der Waals surface area contributed by atoms with Crippen molar-refractivity contribution in [3.63, 3.8) is 0 Å². The van der Waals surface area contributed by atoms with Crippen LogP contribution in [0.3, 0.4) is 0 Å². The van der Waals surface area contributed by atoms with E-state index in [1.54, 1.807) is 10.7 Å². The Morgan fingerprint density at radius 3 is 2.76 bits per heavy atom. The number of hydrogen-bond donors (Lipinski definition) is 2. The lowest BCUT2D eigenvalue weighted by molar-refractivity contribution is 0.0632. The Bertz CT molecular complexity index is 1210. The maximum absolute atomic E-state index is 13.3. The fourth-order valence-corrected chi connectivity index (χ4v) is 4.98. The highest BCUT2D eigenvalue weighted by atomic mass is 16.7. The predicted octanol–water partition coefficient (Wildman–Crippen LogP) is 0.968. The molecule has 2 saturated heterocycles. The third-order valence-corrected chi connectivity index (χ3v) is 6.73. The van der Waals surface area contributed by atoms with Crippen LogP contribution < -0.4 is 15.0 Å². The molecule has 0 bridgehead atoms. The van der Waals surface area contributed by atoms with Crippen molar-refractivity contribution in [2.24, 2.45) is 0 Å². The number of aromatic nitrogens is 5. The number of rotatable bonds is 5. The summed E-state index contributed by atoms with van der Waals surface area (Å²) in [5.74, 6) is 1.88. The molecule has 11 nitrogen and oxygen atoms in total. The fourth-order valence-electron chi connectivity index (χ4n) is 4.98. The molecular formula is C22H26N6O5. The van der Waals surface area contributed by atoms with E-state index in [0.717, 1.165) is 24.8 Å². The van der Waals surface area contributed by atoms with E-state index in [2.05, 4.69) is 25.4 Å². The van der Waals surface area contributed by atoms with E-state index < -0.39 is 6.04 Å². The van der Waals surface area contributed by atoms with Gasteiger partial charge in [0.1, 0.15) is 6.04 Å². The molecule has 5 heterocycles. The topological polar surface area (TPSA) is 128 Å². The van der Waals surface area contributed by atoms with Crippen LogP contribution in [0.4, 0.5) is 0 Å². The molecule has 0 amide bonds. The van der Waals surface area contributed by atoms with Gasteiger partial charge in [0.25, 0.3) is 5.56 Å². The van der Waals surface area contributed by atoms with Gasteiger partial charge >= 0.3 is 0 Å². The zero-order valence-corrected chi connectivity index (χ0v) is 18.1. The third-order valence-electron chi connectivity index (χ3n) is 6.73. The largest absolute Gasteiger partial charge is 0.454 e. The second-order valence-electron chi connectivity index (χ2n) is 8.87. The molecule has 2 N–H and O–H groups in total. The molecule has 2 fully saturated rings. The highest BCUT2D eigenvalue weighted by molar-refractivity contribution is 5.83. The first kappa shape index (κ1) is 20.6. The lowest BCUT2D eigenvalue weighted by Gasteiger charge is -2.35. The van der Waals surface area contributed by atoms with Gasteiger partial charge in [-0.05, 0) is 48.2 Å². The van der Waals surface area contributed by atoms with E-state index in [9.17, 15) is 9.90 Å². The summed E-state index contributed by atoms with van der Waals surface area (Å²) in [5, 5.41) is 23.4. The summed E-state index contributed by atoms with van der Waals surface area (Å²) in [6, 6.07) is 5.10. The number of tetrazole rings is 1. The molecule has 2 atom stereocenters. The smallest absolute Gasteiger partial charge is 0.253 e. The number of aliphatic hydroxyl groups excluding tert-OH is 1. The van der Waals surface area contributed by atoms with Gasteiger partial charge in [-0.2, -0.15) is 0 Å². The molecule has 0 saturated carbocycles. The highest BCUT2D eigenvalue weighted by Crippen LogP contribution is 2.36. The van der Waals surface area contributed by atoms with E-state index in [4.69, 9.17) is 14.2 Å². The number of fused-ring (bicyclic) bond motifs is 2. The van der Waals surface area contributed by atoms with Crippen LogP contribution in [0.1, 0.15) is 43.1 Å². The van der Waals surface area contributed by atoms with Gasteiger partial charge in [0, 0.05) is 36.7 Å². The maximum atomic E-state index is 13.3. The number of hydrogen-bond acceptors (Lipinski definition) is 9. The number of benzene rings is 1. The summed E-state index contributed by atoms with van der Waals surface area (Å²) in [6.45, 7) is 2.73. The standard InChI is InChI=1S/C22H26N6O5/c29-14-3-5-27(6-4-14)20(21-24-25-26-28(21)11-15-2-1-7-31-15)16-8-13-9-18-19(33-12-32-18)10-17(13)23-22(16)30/h8-10,14-15,20,29H,1-7,11-12H2,(H,23,30)/t15-,20-/m0/s1. The number of nitrogens with one attached hydrogen (secondary N) is 1. The molecule has 2 aromatic heterocycles. The monoisotopic (exact) mass is 454 g/mol. The molecule has 33 heavy (non-hydrogen) atoms. The number of ether oxygens (including phenoxy) is 3. The van der Waals surface area contributed by atoms with Crippen molar-refractivity contribution in [1.82, 2.24) is 30.1 Å². The van der Waals surface area contributed by atoms with Crippen molar-refractivity contribution >= 4 is 10.9 Å². The Labute approximate surface area is 189 Å². The second kappa shape index (κ2) is 8.40. The van der Waals surface area contributed by atoms with Crippen LogP contribution in [-0.2, 0) is 11.3 Å². The first-order chi connectivity index (χ1) is 16.2. The van der Waals surface area contributed by atoms with Crippen LogP contribution in [-0.4, -0.2) is 73.9 Å². The maximum Gasteiger partial charge on any atom is 0.253 e. The van der Waals surface area contributed by atoms with Crippen molar-refractivity contribution in [2.75, 3.05) is 26.5 Å². The average molecular weight is 454 g/mol. The van der Waals surface area contributed by atoms with Crippen LogP contribution >= 0.6 is 0 Å². The quantitative estimate of drug-likeness (QED) is 0.579. The first-order valence-electron chi connectivity index (χ1n) is 11.4. The molecule has 3 aliphatic rings. The molecule has 0 radical (unpaired) electrons. The Morgan fingerprint density at radius 1 is 1.15 bits per heavy atom. The van der Waals surface area contributed by atoms with Gasteiger partial charge in [0.15, 0.2) is 17.3 Å². The van der Waals surface area contributed by atoms with Gasteiger partial charge in [0.05, 0.1) is 24.3 Å². The molecule has 0 unspecified atom stereocenters. The summed E-state index contributed by atoms with van der Waals surface area (Å²) in [4.78, 5) is 18.5. The van der Waals surface area contributed by atoms with E-state index in [0.29, 0.717) is 60.9 Å². The van der Waals surface area contributed by atoms with Crippen molar-refractivity contribution < 1.29 is 19.3 Å². The summed E-state index contributed by atoms with van der Waals surface area (Å²) < 4.78 is 18.5. The molecule has 0 spiro atoms. The van der Waals surface area contributed by atoms with E-state index >= 15 is 0 Å². The number of nitrogens with zero attached hydrogens (tertiary/aromatic N) is 5. The third kappa shape index (κ3) is 3.85. The van der Waals surface area contributed by atoms with E-state index in [1.165, 1.54) is 0 Å². The second-order valence-corrected chi connectivity index (χ2v) is 8.87. The minimum atomic E-state index is -0.451. The lowest BCUT2D eigenvalue weighted by atomic mass is 9.99. The average Bonchev–Trinajstić information content (AvgIpc) is 3.57. The fraction of sp³-hybridized carbons (Fsp3) is 0.545. The minimum Gasteiger partial charge on any atom is -0.454 e. The normalized spacial score (nSPS) is 22.3. The first-order valence-corrected chi connectivity index (χ1v) is 11.4. The zero-order valence-electron chi connectivity index (χ0n) is 18.1. The summed E-state index contributed by atoms with van der Waals surface area (Å²) in [6.07, 6.45) is 2.98. The molecule has 3 aromatic rings. The van der Waals surface area contributed by atoms with Gasteiger partial charge in [-0.25, -0.2) is 4.68 Å². The van der Waals surface area contributed by atoms with Crippen LogP contribution in [0.15, 0.2) is 23.0 Å². The van der Waals surface area contributed by atoms with E-state index in [-0.39, 0.29) is 24.6 Å². The number of likely N-dealkylation sites (tertiary alicyclic amines) is 1. The van der Waals surface area contributed by atoms with Crippen LogP contribution in [0.2, 0.25) is 0 Å². The molecule has 11 heteroatoms. The van der Waals surface area contributed by atoms with Gasteiger partial charge in [-0.3, -0.25) is 9.69 Å². The van der Waals surface area contributed by atoms with Gasteiger partial charge in [-0.1, -0.05) is 0 Å². The zero-order chi connectivity index (χ0) is 22.4. The van der Waals surface area contributed by atoms with Crippen LogP contribution in [0.25, 0.3) is 10.9 Å². The Morgan fingerprint density at radius 2 is 1.97 bits per heavy atom. The van der Waals surface area contributed by atoms with Crippen molar-refractivity contribution in [3.05, 3.63) is 39.9 Å². The lowest BCUT2D eigenvalue weighted by Crippen LogP contribution is -2.42. The van der Waals surface area contributed by atoms with E-state index in [1.807, 2.05) is 12.1 Å². The summed E-state index contributed by atoms with van der Waals surface area (Å²) >= 11 is 0. The Kier molecular flexibility index (Phi) is 5.24. The number of aromatic amines is 1. The Balaban J connectivity index is 1.44. The Hall–Kier alpha value is -3.02. The molecule has 6 rings (SSSR count). The van der Waals surface area contributed by atoms with Crippen molar-refractivity contribution in [3.8, 4) is 11.5 Å². The van der Waals surface area contributed by atoms with Gasteiger partial charge in [-0.15, -0.1) is 5.10 Å². The summed E-state index contributed by atoms with van der Waals surface area (Å²) in [5.41, 5.74) is 1.03. The van der Waals surface area contributed by atoms with Crippen LogP contribution in [0, 0.1) is 0 Å². The van der Waals surface area contributed by atoms with Crippen molar-refractivity contribution in [2.45, 2.75) is 50.5 Å². The van der Waals surface area contributed by atoms with Crippen LogP contribution in [0.5, 0.6) is 11.5 Å².